The van der Waals surface area contributed by atoms with Crippen molar-refractivity contribution in [1.29, 1.82) is 0 Å². The zero-order chi connectivity index (χ0) is 11.4. The highest BCUT2D eigenvalue weighted by atomic mass is 16.4. The Morgan fingerprint density at radius 3 is 2.60 bits per heavy atom. The van der Waals surface area contributed by atoms with Crippen molar-refractivity contribution in [2.75, 3.05) is 11.4 Å². The van der Waals surface area contributed by atoms with Gasteiger partial charge in [-0.3, -0.25) is 4.79 Å². The second kappa shape index (κ2) is 4.74. The maximum absolute atomic E-state index is 10.8. The minimum Gasteiger partial charge on any atom is -0.407 e. The summed E-state index contributed by atoms with van der Waals surface area (Å²) < 4.78 is 5.23. The first kappa shape index (κ1) is 11.4. The van der Waals surface area contributed by atoms with E-state index < -0.39 is 5.91 Å². The number of amides is 1. The largest absolute Gasteiger partial charge is 0.407 e. The number of nitrogens with zero attached hydrogens (tertiary/aromatic N) is 3. The number of carbonyl (C=O) groups excluding carboxylic acids is 1. The van der Waals surface area contributed by atoms with Gasteiger partial charge in [-0.1, -0.05) is 5.10 Å². The quantitative estimate of drug-likeness (QED) is 0.664. The minimum absolute atomic E-state index is 0.0450. The van der Waals surface area contributed by atoms with Gasteiger partial charge in [-0.25, -0.2) is 0 Å². The van der Waals surface area contributed by atoms with Crippen LogP contribution in [0, 0.1) is 0 Å². The van der Waals surface area contributed by atoms with E-state index in [-0.39, 0.29) is 25.1 Å². The van der Waals surface area contributed by atoms with Crippen molar-refractivity contribution in [2.45, 2.75) is 26.4 Å². The second-order valence-corrected chi connectivity index (χ2v) is 3.37. The van der Waals surface area contributed by atoms with E-state index in [0.717, 1.165) is 0 Å². The Morgan fingerprint density at radius 1 is 1.53 bits per heavy atom. The molecule has 0 spiro atoms. The SMILES string of the molecule is CC(C)N(CC(N)=O)c1nnc(CN)o1. The Bertz CT molecular complexity index is 336. The molecule has 7 nitrogen and oxygen atoms in total. The maximum Gasteiger partial charge on any atom is 0.318 e. The fourth-order valence-electron chi connectivity index (χ4n) is 1.08. The zero-order valence-corrected chi connectivity index (χ0v) is 8.80. The number of hydrogen-bond acceptors (Lipinski definition) is 6. The van der Waals surface area contributed by atoms with Gasteiger partial charge in [0, 0.05) is 6.04 Å². The van der Waals surface area contributed by atoms with Crippen molar-refractivity contribution in [2.24, 2.45) is 11.5 Å². The van der Waals surface area contributed by atoms with Crippen LogP contribution in [0.25, 0.3) is 0 Å². The smallest absolute Gasteiger partial charge is 0.318 e. The van der Waals surface area contributed by atoms with Crippen LogP contribution < -0.4 is 16.4 Å². The maximum atomic E-state index is 10.8. The number of nitrogens with two attached hydrogens (primary N) is 2. The summed E-state index contributed by atoms with van der Waals surface area (Å²) in [7, 11) is 0. The molecular weight excluding hydrogens is 198 g/mol. The third kappa shape index (κ3) is 2.91. The van der Waals surface area contributed by atoms with Gasteiger partial charge in [0.1, 0.15) is 6.54 Å². The molecule has 0 aromatic carbocycles. The summed E-state index contributed by atoms with van der Waals surface area (Å²) in [5.41, 5.74) is 10.4. The molecule has 0 saturated carbocycles. The molecule has 0 fully saturated rings. The van der Waals surface area contributed by atoms with Crippen molar-refractivity contribution < 1.29 is 9.21 Å². The van der Waals surface area contributed by atoms with E-state index in [1.54, 1.807) is 4.90 Å². The van der Waals surface area contributed by atoms with Gasteiger partial charge < -0.3 is 20.8 Å². The Morgan fingerprint density at radius 2 is 2.20 bits per heavy atom. The number of rotatable bonds is 5. The van der Waals surface area contributed by atoms with Crippen LogP contribution in [0.3, 0.4) is 0 Å². The van der Waals surface area contributed by atoms with Gasteiger partial charge in [-0.2, -0.15) is 0 Å². The highest BCUT2D eigenvalue weighted by Gasteiger charge is 2.18. The fraction of sp³-hybridized carbons (Fsp3) is 0.625. The van der Waals surface area contributed by atoms with Crippen LogP contribution in [0.15, 0.2) is 4.42 Å². The molecule has 1 heterocycles. The Balaban J connectivity index is 2.83. The Labute approximate surface area is 87.4 Å². The lowest BCUT2D eigenvalue weighted by molar-refractivity contribution is -0.116. The summed E-state index contributed by atoms with van der Waals surface area (Å²) in [6.07, 6.45) is 0. The van der Waals surface area contributed by atoms with E-state index in [1.165, 1.54) is 0 Å². The molecule has 1 amide bonds. The third-order valence-electron chi connectivity index (χ3n) is 1.83. The third-order valence-corrected chi connectivity index (χ3v) is 1.83. The molecule has 0 unspecified atom stereocenters. The van der Waals surface area contributed by atoms with E-state index in [2.05, 4.69) is 10.2 Å². The van der Waals surface area contributed by atoms with Crippen LogP contribution in [0.5, 0.6) is 0 Å². The Kier molecular flexibility index (Phi) is 3.62. The summed E-state index contributed by atoms with van der Waals surface area (Å²) in [5.74, 6) is -0.115. The molecule has 7 heteroatoms. The van der Waals surface area contributed by atoms with Crippen molar-refractivity contribution in [3.63, 3.8) is 0 Å². The molecule has 0 bridgehead atoms. The predicted molar refractivity (Wildman–Crippen MR) is 53.9 cm³/mol. The lowest BCUT2D eigenvalue weighted by Crippen LogP contribution is -2.38. The normalized spacial score (nSPS) is 10.7. The van der Waals surface area contributed by atoms with Crippen molar-refractivity contribution in [3.05, 3.63) is 5.89 Å². The molecule has 84 valence electrons. The molecule has 15 heavy (non-hydrogen) atoms. The van der Waals surface area contributed by atoms with E-state index in [0.29, 0.717) is 5.89 Å². The predicted octanol–water partition coefficient (Wildman–Crippen LogP) is -0.772. The standard InChI is InChI=1S/C8H15N5O2/c1-5(2)13(4-6(10)14)8-12-11-7(3-9)15-8/h5H,3-4,9H2,1-2H3,(H2,10,14). The molecule has 1 aromatic rings. The van der Waals surface area contributed by atoms with Crippen molar-refractivity contribution >= 4 is 11.9 Å². The topological polar surface area (TPSA) is 111 Å². The molecule has 0 aliphatic heterocycles. The second-order valence-electron chi connectivity index (χ2n) is 3.37. The molecule has 0 saturated heterocycles. The lowest BCUT2D eigenvalue weighted by atomic mass is 10.3. The number of carbonyl (C=O) groups is 1. The molecule has 0 aliphatic rings. The Hall–Kier alpha value is -1.63. The molecule has 4 N–H and O–H groups in total. The van der Waals surface area contributed by atoms with E-state index in [1.807, 2.05) is 13.8 Å². The van der Waals surface area contributed by atoms with Crippen molar-refractivity contribution in [3.8, 4) is 0 Å². The lowest BCUT2D eigenvalue weighted by Gasteiger charge is -2.22. The number of primary amides is 1. The van der Waals surface area contributed by atoms with Crippen molar-refractivity contribution in [1.82, 2.24) is 10.2 Å². The van der Waals surface area contributed by atoms with E-state index >= 15 is 0 Å². The first-order valence-corrected chi connectivity index (χ1v) is 4.62. The highest BCUT2D eigenvalue weighted by Crippen LogP contribution is 2.14. The molecule has 0 atom stereocenters. The summed E-state index contributed by atoms with van der Waals surface area (Å²) in [4.78, 5) is 12.4. The average Bonchev–Trinajstić information content (AvgIpc) is 2.61. The summed E-state index contributed by atoms with van der Waals surface area (Å²) >= 11 is 0. The number of hydrogen-bond donors (Lipinski definition) is 2. The van der Waals surface area contributed by atoms with Gasteiger partial charge in [0.05, 0.1) is 6.54 Å². The first-order chi connectivity index (χ1) is 7.04. The average molecular weight is 213 g/mol. The summed E-state index contributed by atoms with van der Waals surface area (Å²) in [6, 6.07) is 0.313. The minimum atomic E-state index is -0.448. The monoisotopic (exact) mass is 213 g/mol. The molecule has 1 aromatic heterocycles. The van der Waals surface area contributed by atoms with E-state index in [9.17, 15) is 4.79 Å². The summed E-state index contributed by atoms with van der Waals surface area (Å²) in [5, 5.41) is 7.49. The van der Waals surface area contributed by atoms with Gasteiger partial charge in [0.25, 0.3) is 0 Å². The molecule has 0 aliphatic carbocycles. The summed E-state index contributed by atoms with van der Waals surface area (Å²) in [6.45, 7) is 4.02. The number of anilines is 1. The molecular formula is C8H15N5O2. The van der Waals surface area contributed by atoms with Crippen LogP contribution in [0.1, 0.15) is 19.7 Å². The van der Waals surface area contributed by atoms with Gasteiger partial charge in [-0.05, 0) is 13.8 Å². The van der Waals surface area contributed by atoms with Gasteiger partial charge in [0.15, 0.2) is 0 Å². The van der Waals surface area contributed by atoms with Crippen LogP contribution >= 0.6 is 0 Å². The van der Waals surface area contributed by atoms with E-state index in [4.69, 9.17) is 15.9 Å². The van der Waals surface area contributed by atoms with Gasteiger partial charge >= 0.3 is 6.01 Å². The van der Waals surface area contributed by atoms with Crippen LogP contribution in [0.4, 0.5) is 6.01 Å². The fourth-order valence-corrected chi connectivity index (χ4v) is 1.08. The van der Waals surface area contributed by atoms with Crippen LogP contribution in [-0.4, -0.2) is 28.7 Å². The van der Waals surface area contributed by atoms with Crippen LogP contribution in [-0.2, 0) is 11.3 Å². The molecule has 1 rings (SSSR count). The highest BCUT2D eigenvalue weighted by molar-refractivity contribution is 5.78. The molecule has 0 radical (unpaired) electrons. The first-order valence-electron chi connectivity index (χ1n) is 4.62. The zero-order valence-electron chi connectivity index (χ0n) is 8.80. The van der Waals surface area contributed by atoms with Gasteiger partial charge in [0.2, 0.25) is 11.8 Å². The number of aromatic nitrogens is 2. The van der Waals surface area contributed by atoms with Crippen LogP contribution in [0.2, 0.25) is 0 Å². The van der Waals surface area contributed by atoms with Gasteiger partial charge in [-0.15, -0.1) is 5.10 Å².